The number of benzene rings is 2. The molecular weight excluding hydrogens is 359 g/mol. The monoisotopic (exact) mass is 378 g/mol. The Labute approximate surface area is 156 Å². The second kappa shape index (κ2) is 8.76. The summed E-state index contributed by atoms with van der Waals surface area (Å²) in [5.74, 6) is 0.938. The van der Waals surface area contributed by atoms with Gasteiger partial charge in [0, 0.05) is 13.1 Å². The number of halogens is 2. The standard InChI is InChI=1S/C19H20ClFN2O3/c20-16-11-14(12-17-18(16)26-9-8-25-17)5-7-23-19(24)22-6-4-13-2-1-3-15(21)10-13/h1-3,10-12H,4-9H2,(H2,22,23,24). The van der Waals surface area contributed by atoms with Crippen molar-refractivity contribution in [3.05, 3.63) is 58.4 Å². The maximum Gasteiger partial charge on any atom is 0.314 e. The summed E-state index contributed by atoms with van der Waals surface area (Å²) in [5.41, 5.74) is 1.80. The van der Waals surface area contributed by atoms with Gasteiger partial charge in [0.15, 0.2) is 11.5 Å². The van der Waals surface area contributed by atoms with Gasteiger partial charge in [-0.15, -0.1) is 0 Å². The van der Waals surface area contributed by atoms with Crippen LogP contribution in [0.25, 0.3) is 0 Å². The summed E-state index contributed by atoms with van der Waals surface area (Å²) in [6, 6.07) is 9.78. The van der Waals surface area contributed by atoms with E-state index in [1.807, 2.05) is 18.2 Å². The first-order valence-corrected chi connectivity index (χ1v) is 8.84. The molecule has 2 aromatic carbocycles. The Balaban J connectivity index is 1.40. The Morgan fingerprint density at radius 3 is 2.54 bits per heavy atom. The Bertz CT molecular complexity index is 785. The van der Waals surface area contributed by atoms with E-state index in [1.165, 1.54) is 12.1 Å². The molecule has 2 N–H and O–H groups in total. The van der Waals surface area contributed by atoms with E-state index < -0.39 is 0 Å². The second-order valence-electron chi connectivity index (χ2n) is 5.91. The van der Waals surface area contributed by atoms with E-state index >= 15 is 0 Å². The maximum atomic E-state index is 13.1. The van der Waals surface area contributed by atoms with Crippen molar-refractivity contribution in [3.63, 3.8) is 0 Å². The number of nitrogens with one attached hydrogen (secondary N) is 2. The van der Waals surface area contributed by atoms with Gasteiger partial charge in [0.2, 0.25) is 0 Å². The van der Waals surface area contributed by atoms with Crippen molar-refractivity contribution in [2.24, 2.45) is 0 Å². The summed E-state index contributed by atoms with van der Waals surface area (Å²) in [6.07, 6.45) is 1.19. The molecule has 1 aliphatic rings. The number of amides is 2. The van der Waals surface area contributed by atoms with E-state index in [0.29, 0.717) is 55.7 Å². The zero-order chi connectivity index (χ0) is 18.4. The molecule has 0 spiro atoms. The van der Waals surface area contributed by atoms with E-state index in [2.05, 4.69) is 10.6 Å². The third-order valence-corrected chi connectivity index (χ3v) is 4.22. The van der Waals surface area contributed by atoms with Crippen LogP contribution in [-0.4, -0.2) is 32.3 Å². The third-order valence-electron chi connectivity index (χ3n) is 3.94. The smallest absolute Gasteiger partial charge is 0.314 e. The van der Waals surface area contributed by atoms with Crippen LogP contribution in [0, 0.1) is 5.82 Å². The van der Waals surface area contributed by atoms with Gasteiger partial charge in [0.1, 0.15) is 19.0 Å². The van der Waals surface area contributed by atoms with Gasteiger partial charge >= 0.3 is 6.03 Å². The lowest BCUT2D eigenvalue weighted by atomic mass is 10.1. The fraction of sp³-hybridized carbons (Fsp3) is 0.316. The molecule has 0 atom stereocenters. The van der Waals surface area contributed by atoms with Gasteiger partial charge in [0.05, 0.1) is 5.02 Å². The molecule has 0 saturated heterocycles. The van der Waals surface area contributed by atoms with Crippen molar-refractivity contribution in [1.82, 2.24) is 10.6 Å². The minimum Gasteiger partial charge on any atom is -0.486 e. The molecule has 138 valence electrons. The number of ether oxygens (including phenoxy) is 2. The highest BCUT2D eigenvalue weighted by molar-refractivity contribution is 6.32. The van der Waals surface area contributed by atoms with Crippen LogP contribution in [-0.2, 0) is 12.8 Å². The van der Waals surface area contributed by atoms with Gasteiger partial charge in [-0.3, -0.25) is 0 Å². The molecule has 0 unspecified atom stereocenters. The van der Waals surface area contributed by atoms with Crippen molar-refractivity contribution in [2.45, 2.75) is 12.8 Å². The van der Waals surface area contributed by atoms with Crippen molar-refractivity contribution < 1.29 is 18.7 Å². The molecule has 0 saturated carbocycles. The molecule has 0 bridgehead atoms. The summed E-state index contributed by atoms with van der Waals surface area (Å²) < 4.78 is 24.1. The number of carbonyl (C=O) groups is 1. The molecule has 0 aromatic heterocycles. The molecule has 1 heterocycles. The first-order chi connectivity index (χ1) is 12.6. The maximum absolute atomic E-state index is 13.1. The van der Waals surface area contributed by atoms with Gasteiger partial charge in [-0.25, -0.2) is 9.18 Å². The zero-order valence-corrected chi connectivity index (χ0v) is 14.9. The fourth-order valence-electron chi connectivity index (χ4n) is 2.70. The highest BCUT2D eigenvalue weighted by Gasteiger charge is 2.16. The van der Waals surface area contributed by atoms with Crippen LogP contribution in [0.2, 0.25) is 5.02 Å². The van der Waals surface area contributed by atoms with E-state index in [1.54, 1.807) is 6.07 Å². The molecule has 26 heavy (non-hydrogen) atoms. The topological polar surface area (TPSA) is 59.6 Å². The first kappa shape index (κ1) is 18.3. The minimum absolute atomic E-state index is 0.259. The van der Waals surface area contributed by atoms with Gasteiger partial charge < -0.3 is 20.1 Å². The van der Waals surface area contributed by atoms with E-state index in [9.17, 15) is 9.18 Å². The lowest BCUT2D eigenvalue weighted by Crippen LogP contribution is -2.37. The Hall–Kier alpha value is -2.47. The minimum atomic E-state index is -0.273. The molecule has 2 amide bonds. The molecule has 0 radical (unpaired) electrons. The van der Waals surface area contributed by atoms with Gasteiger partial charge in [-0.1, -0.05) is 23.7 Å². The molecule has 0 aliphatic carbocycles. The lowest BCUT2D eigenvalue weighted by Gasteiger charge is -2.20. The Morgan fingerprint density at radius 1 is 1.04 bits per heavy atom. The number of hydrogen-bond acceptors (Lipinski definition) is 3. The molecule has 3 rings (SSSR count). The summed E-state index contributed by atoms with van der Waals surface area (Å²) in [7, 11) is 0. The molecule has 5 nitrogen and oxygen atoms in total. The van der Waals surface area contributed by atoms with Crippen molar-refractivity contribution in [2.75, 3.05) is 26.3 Å². The number of hydrogen-bond donors (Lipinski definition) is 2. The van der Waals surface area contributed by atoms with Crippen LogP contribution in [0.15, 0.2) is 36.4 Å². The summed E-state index contributed by atoms with van der Waals surface area (Å²) >= 11 is 6.20. The number of fused-ring (bicyclic) bond motifs is 1. The largest absolute Gasteiger partial charge is 0.486 e. The Morgan fingerprint density at radius 2 is 1.77 bits per heavy atom. The number of carbonyl (C=O) groups excluding carboxylic acids is 1. The van der Waals surface area contributed by atoms with Gasteiger partial charge in [-0.05, 0) is 48.2 Å². The first-order valence-electron chi connectivity index (χ1n) is 8.46. The van der Waals surface area contributed by atoms with Gasteiger partial charge in [0.25, 0.3) is 0 Å². The molecular formula is C19H20ClFN2O3. The average Bonchev–Trinajstić information content (AvgIpc) is 2.62. The fourth-order valence-corrected chi connectivity index (χ4v) is 2.99. The lowest BCUT2D eigenvalue weighted by molar-refractivity contribution is 0.171. The molecule has 0 fully saturated rings. The molecule has 2 aromatic rings. The van der Waals surface area contributed by atoms with E-state index in [0.717, 1.165) is 11.1 Å². The van der Waals surface area contributed by atoms with Crippen LogP contribution in [0.5, 0.6) is 11.5 Å². The average molecular weight is 379 g/mol. The SMILES string of the molecule is O=C(NCCc1cccc(F)c1)NCCc1cc(Cl)c2c(c1)OCCO2. The predicted molar refractivity (Wildman–Crippen MR) is 97.7 cm³/mol. The van der Waals surface area contributed by atoms with Crippen LogP contribution < -0.4 is 20.1 Å². The molecule has 7 heteroatoms. The van der Waals surface area contributed by atoms with E-state index in [-0.39, 0.29) is 11.8 Å². The number of urea groups is 1. The third kappa shape index (κ3) is 5.02. The predicted octanol–water partition coefficient (Wildman–Crippen LogP) is 3.33. The molecule has 1 aliphatic heterocycles. The summed E-state index contributed by atoms with van der Waals surface area (Å²) in [5, 5.41) is 6.05. The van der Waals surface area contributed by atoms with Crippen LogP contribution in [0.1, 0.15) is 11.1 Å². The van der Waals surface area contributed by atoms with Crippen molar-refractivity contribution in [3.8, 4) is 11.5 Å². The van der Waals surface area contributed by atoms with Crippen molar-refractivity contribution >= 4 is 17.6 Å². The number of rotatable bonds is 6. The Kier molecular flexibility index (Phi) is 6.17. The normalized spacial score (nSPS) is 12.5. The van der Waals surface area contributed by atoms with Crippen molar-refractivity contribution in [1.29, 1.82) is 0 Å². The summed E-state index contributed by atoms with van der Waals surface area (Å²) in [6.45, 7) is 1.88. The van der Waals surface area contributed by atoms with Crippen LogP contribution in [0.4, 0.5) is 9.18 Å². The zero-order valence-electron chi connectivity index (χ0n) is 14.2. The van der Waals surface area contributed by atoms with Crippen LogP contribution >= 0.6 is 11.6 Å². The van der Waals surface area contributed by atoms with E-state index in [4.69, 9.17) is 21.1 Å². The summed E-state index contributed by atoms with van der Waals surface area (Å²) in [4.78, 5) is 11.8. The van der Waals surface area contributed by atoms with Gasteiger partial charge in [-0.2, -0.15) is 0 Å². The van der Waals surface area contributed by atoms with Crippen LogP contribution in [0.3, 0.4) is 0 Å². The quantitative estimate of drug-likeness (QED) is 0.810. The highest BCUT2D eigenvalue weighted by Crippen LogP contribution is 2.38. The highest BCUT2D eigenvalue weighted by atomic mass is 35.5. The second-order valence-corrected chi connectivity index (χ2v) is 6.32.